The Morgan fingerprint density at radius 1 is 0.703 bits per heavy atom. The van der Waals surface area contributed by atoms with Gasteiger partial charge in [0.25, 0.3) is 0 Å². The van der Waals surface area contributed by atoms with E-state index in [0.29, 0.717) is 33.4 Å². The van der Waals surface area contributed by atoms with Crippen LogP contribution in [0, 0.1) is 5.82 Å². The average Bonchev–Trinajstić information content (AvgIpc) is 2.83. The maximum atomic E-state index is 12.4. The number of benzene rings is 4. The summed E-state index contributed by atoms with van der Waals surface area (Å²) in [7, 11) is 0. The maximum Gasteiger partial charge on any atom is 0.161 e. The molecule has 4 rings (SSSR count). The third kappa shape index (κ3) is 10.7. The van der Waals surface area contributed by atoms with E-state index in [1.165, 1.54) is 26.0 Å². The Kier molecular flexibility index (Phi) is 12.3. The van der Waals surface area contributed by atoms with Crippen LogP contribution in [0.3, 0.4) is 0 Å². The molecule has 0 heterocycles. The lowest BCUT2D eigenvalue weighted by Gasteiger charge is -2.07. The number of phenols is 1. The number of rotatable bonds is 4. The first-order valence-corrected chi connectivity index (χ1v) is 12.9. The molecule has 0 saturated heterocycles. The molecule has 4 aromatic rings. The molecule has 1 N–H and O–H groups in total. The van der Waals surface area contributed by atoms with Crippen LogP contribution in [-0.2, 0) is 0 Å². The van der Waals surface area contributed by atoms with Crippen molar-refractivity contribution in [2.75, 3.05) is 0 Å². The van der Waals surface area contributed by atoms with Crippen LogP contribution in [0.2, 0.25) is 10.0 Å². The van der Waals surface area contributed by atoms with Crippen LogP contribution in [0.15, 0.2) is 93.9 Å². The molecule has 0 fully saturated rings. The van der Waals surface area contributed by atoms with E-state index in [1.54, 1.807) is 42.5 Å². The summed E-state index contributed by atoms with van der Waals surface area (Å²) in [5.74, 6) is 0.968. The van der Waals surface area contributed by atoms with Crippen LogP contribution < -0.4 is 4.74 Å². The zero-order chi connectivity index (χ0) is 27.5. The first kappa shape index (κ1) is 30.5. The highest BCUT2D eigenvalue weighted by atomic mass is 79.9. The molecule has 0 atom stereocenters. The molecule has 192 valence electrons. The van der Waals surface area contributed by atoms with Crippen LogP contribution in [0.5, 0.6) is 17.2 Å². The number of carbonyl (C=O) groups excluding carboxylic acids is 2. The van der Waals surface area contributed by atoms with Crippen LogP contribution >= 0.6 is 55.1 Å². The van der Waals surface area contributed by atoms with Gasteiger partial charge >= 0.3 is 0 Å². The first-order chi connectivity index (χ1) is 17.5. The largest absolute Gasteiger partial charge is 0.508 e. The molecule has 0 amide bonds. The molecule has 4 aromatic carbocycles. The highest BCUT2D eigenvalue weighted by molar-refractivity contribution is 9.10. The van der Waals surface area contributed by atoms with Crippen molar-refractivity contribution in [3.63, 3.8) is 0 Å². The third-order valence-electron chi connectivity index (χ3n) is 4.51. The quantitative estimate of drug-likeness (QED) is 0.220. The summed E-state index contributed by atoms with van der Waals surface area (Å²) >= 11 is 18.2. The molecule has 0 radical (unpaired) electrons. The molecule has 0 aliphatic carbocycles. The lowest BCUT2D eigenvalue weighted by Crippen LogP contribution is -1.93. The number of ketones is 2. The number of aromatic hydroxyl groups is 1. The van der Waals surface area contributed by atoms with Crippen LogP contribution in [0.4, 0.5) is 4.39 Å². The number of hydrogen-bond donors (Lipinski definition) is 1. The molecule has 9 heteroatoms. The van der Waals surface area contributed by atoms with Crippen LogP contribution in [0.1, 0.15) is 34.6 Å². The first-order valence-electron chi connectivity index (χ1n) is 10.6. The van der Waals surface area contributed by atoms with Crippen molar-refractivity contribution in [2.45, 2.75) is 13.8 Å². The summed E-state index contributed by atoms with van der Waals surface area (Å²) < 4.78 is 20.0. The second-order valence-electron chi connectivity index (χ2n) is 7.41. The van der Waals surface area contributed by atoms with E-state index in [9.17, 15) is 14.0 Å². The van der Waals surface area contributed by atoms with Gasteiger partial charge in [0.2, 0.25) is 0 Å². The second-order valence-corrected chi connectivity index (χ2v) is 10.1. The van der Waals surface area contributed by atoms with Gasteiger partial charge in [0, 0.05) is 26.1 Å². The van der Waals surface area contributed by atoms with Crippen LogP contribution in [-0.4, -0.2) is 16.7 Å². The van der Waals surface area contributed by atoms with Gasteiger partial charge in [-0.25, -0.2) is 4.39 Å². The molecule has 37 heavy (non-hydrogen) atoms. The molecule has 0 bridgehead atoms. The van der Waals surface area contributed by atoms with Gasteiger partial charge in [-0.2, -0.15) is 0 Å². The van der Waals surface area contributed by atoms with E-state index in [4.69, 9.17) is 33.0 Å². The number of halogens is 5. The fraction of sp³-hybridized carbons (Fsp3) is 0.0714. The van der Waals surface area contributed by atoms with Crippen molar-refractivity contribution < 1.29 is 23.8 Å². The SMILES string of the molecule is CC(=O)c1ccc(F)cc1Cl.CC(=O)c1ccc(Oc2ccc(Br)cc2)cc1Cl.Oc1ccc(Br)cc1. The molecule has 0 aromatic heterocycles. The summed E-state index contributed by atoms with van der Waals surface area (Å²) in [5.41, 5.74) is 0.855. The van der Waals surface area contributed by atoms with Crippen molar-refractivity contribution in [1.82, 2.24) is 0 Å². The summed E-state index contributed by atoms with van der Waals surface area (Å²) in [4.78, 5) is 22.0. The predicted molar refractivity (Wildman–Crippen MR) is 153 cm³/mol. The third-order valence-corrected chi connectivity index (χ3v) is 6.19. The van der Waals surface area contributed by atoms with Crippen molar-refractivity contribution in [1.29, 1.82) is 0 Å². The topological polar surface area (TPSA) is 63.6 Å². The Morgan fingerprint density at radius 2 is 1.14 bits per heavy atom. The fourth-order valence-electron chi connectivity index (χ4n) is 2.70. The smallest absolute Gasteiger partial charge is 0.161 e. The van der Waals surface area contributed by atoms with Gasteiger partial charge in [-0.05, 0) is 92.7 Å². The Labute approximate surface area is 241 Å². The van der Waals surface area contributed by atoms with E-state index in [-0.39, 0.29) is 16.6 Å². The summed E-state index contributed by atoms with van der Waals surface area (Å²) in [6.45, 7) is 2.87. The molecule has 0 saturated carbocycles. The second kappa shape index (κ2) is 14.9. The Balaban J connectivity index is 0.000000215. The van der Waals surface area contributed by atoms with E-state index in [0.717, 1.165) is 15.0 Å². The highest BCUT2D eigenvalue weighted by Gasteiger charge is 2.07. The molecule has 0 unspecified atom stereocenters. The standard InChI is InChI=1S/C14H10BrClO2.C8H6ClFO.C6H5BrO/c1-9(17)13-7-6-12(8-14(13)16)18-11-4-2-10(15)3-5-11;1-5(11)7-3-2-6(10)4-8(7)9;7-5-1-3-6(8)4-2-5/h2-8H,1H3;2-4H,1H3;1-4,8H. The van der Waals surface area contributed by atoms with Crippen molar-refractivity contribution in [3.8, 4) is 17.2 Å². The van der Waals surface area contributed by atoms with Crippen molar-refractivity contribution >= 4 is 66.6 Å². The van der Waals surface area contributed by atoms with Crippen molar-refractivity contribution in [2.24, 2.45) is 0 Å². The van der Waals surface area contributed by atoms with Crippen LogP contribution in [0.25, 0.3) is 0 Å². The Hall–Kier alpha value is -2.71. The highest BCUT2D eigenvalue weighted by Crippen LogP contribution is 2.28. The minimum Gasteiger partial charge on any atom is -0.508 e. The predicted octanol–water partition coefficient (Wildman–Crippen LogP) is 9.93. The normalized spacial score (nSPS) is 9.81. The zero-order valence-corrected chi connectivity index (χ0v) is 24.3. The minimum absolute atomic E-state index is 0.0600. The Bertz CT molecular complexity index is 1340. The zero-order valence-electron chi connectivity index (χ0n) is 19.6. The minimum atomic E-state index is -0.431. The van der Waals surface area contributed by atoms with Gasteiger partial charge in [0.05, 0.1) is 10.0 Å². The fourth-order valence-corrected chi connectivity index (χ4v) is 3.83. The van der Waals surface area contributed by atoms with E-state index >= 15 is 0 Å². The summed E-state index contributed by atoms with van der Waals surface area (Å²) in [6.07, 6.45) is 0. The summed E-state index contributed by atoms with van der Waals surface area (Å²) in [5, 5.41) is 9.30. The lowest BCUT2D eigenvalue weighted by molar-refractivity contribution is 0.100. The van der Waals surface area contributed by atoms with E-state index in [1.807, 2.05) is 24.3 Å². The number of carbonyl (C=O) groups is 2. The number of phenolic OH excluding ortho intramolecular Hbond substituents is 1. The maximum absolute atomic E-state index is 12.4. The molecule has 4 nitrogen and oxygen atoms in total. The van der Waals surface area contributed by atoms with Gasteiger partial charge < -0.3 is 9.84 Å². The molecular weight excluding hydrogens is 650 g/mol. The Morgan fingerprint density at radius 3 is 1.57 bits per heavy atom. The van der Waals surface area contributed by atoms with E-state index < -0.39 is 5.82 Å². The molecule has 0 aliphatic rings. The number of hydrogen-bond acceptors (Lipinski definition) is 4. The monoisotopic (exact) mass is 668 g/mol. The van der Waals surface area contributed by atoms with Gasteiger partial charge in [0.1, 0.15) is 23.1 Å². The molecule has 0 spiro atoms. The van der Waals surface area contributed by atoms with Crippen molar-refractivity contribution in [3.05, 3.63) is 121 Å². The van der Waals surface area contributed by atoms with Gasteiger partial charge in [0.15, 0.2) is 11.6 Å². The lowest BCUT2D eigenvalue weighted by atomic mass is 10.1. The number of Topliss-reactive ketones (excluding diaryl/α,β-unsaturated/α-hetero) is 2. The van der Waals surface area contributed by atoms with Gasteiger partial charge in [-0.1, -0.05) is 55.1 Å². The molecular formula is C28H21Br2Cl2FO4. The number of ether oxygens (including phenoxy) is 1. The molecule has 0 aliphatic heterocycles. The van der Waals surface area contributed by atoms with E-state index in [2.05, 4.69) is 31.9 Å². The summed E-state index contributed by atoms with van der Waals surface area (Å²) in [6, 6.07) is 23.0. The van der Waals surface area contributed by atoms with Gasteiger partial charge in [-0.3, -0.25) is 9.59 Å². The van der Waals surface area contributed by atoms with Gasteiger partial charge in [-0.15, -0.1) is 0 Å². The average molecular weight is 671 g/mol.